The molecule has 0 aromatic heterocycles. The Kier molecular flexibility index (Phi) is 4.62. The Labute approximate surface area is 99.3 Å². The van der Waals surface area contributed by atoms with E-state index in [9.17, 15) is 0 Å². The largest absolute Gasteiger partial charge is 0.384 e. The zero-order valence-corrected chi connectivity index (χ0v) is 10.5. The molecule has 3 unspecified atom stereocenters. The van der Waals surface area contributed by atoms with E-state index < -0.39 is 0 Å². The minimum absolute atomic E-state index is 0.766. The average molecular weight is 226 g/mol. The number of ether oxygens (including phenoxy) is 1. The minimum atomic E-state index is 0.766. The Bertz CT molecular complexity index is 210. The van der Waals surface area contributed by atoms with Gasteiger partial charge in [-0.05, 0) is 50.1 Å². The molecule has 94 valence electrons. The molecule has 2 fully saturated rings. The molecule has 0 spiro atoms. The lowest BCUT2D eigenvalue weighted by Crippen LogP contribution is -2.32. The van der Waals surface area contributed by atoms with Crippen LogP contribution in [0.2, 0.25) is 0 Å². The van der Waals surface area contributed by atoms with Gasteiger partial charge in [0.25, 0.3) is 0 Å². The monoisotopic (exact) mass is 226 g/mol. The van der Waals surface area contributed by atoms with Crippen LogP contribution in [-0.2, 0) is 4.74 Å². The second kappa shape index (κ2) is 5.99. The average Bonchev–Trinajstić information content (AvgIpc) is 2.89. The molecule has 3 nitrogen and oxygen atoms in total. The first-order chi connectivity index (χ1) is 7.83. The van der Waals surface area contributed by atoms with Gasteiger partial charge in [-0.1, -0.05) is 6.42 Å². The maximum absolute atomic E-state index is 5.83. The molecule has 0 aromatic carbocycles. The van der Waals surface area contributed by atoms with Gasteiger partial charge in [-0.3, -0.25) is 0 Å². The predicted molar refractivity (Wildman–Crippen MR) is 66.3 cm³/mol. The lowest BCUT2D eigenvalue weighted by atomic mass is 9.96. The molecule has 0 radical (unpaired) electrons. The standard InChI is InChI=1S/C13H26N2O/c1-16-10-11-5-6-15(8-11)9-13-4-2-3-12(13)7-14/h11-13H,2-10,14H2,1H3. The Balaban J connectivity index is 1.74. The van der Waals surface area contributed by atoms with Gasteiger partial charge in [0.1, 0.15) is 0 Å². The Morgan fingerprint density at radius 1 is 1.25 bits per heavy atom. The summed E-state index contributed by atoms with van der Waals surface area (Å²) in [6.07, 6.45) is 5.46. The summed E-state index contributed by atoms with van der Waals surface area (Å²) in [7, 11) is 1.81. The number of methoxy groups -OCH3 is 1. The summed E-state index contributed by atoms with van der Waals surface area (Å²) in [5, 5.41) is 0. The lowest BCUT2D eigenvalue weighted by Gasteiger charge is -2.24. The normalized spacial score (nSPS) is 36.0. The van der Waals surface area contributed by atoms with Gasteiger partial charge in [0.2, 0.25) is 0 Å². The van der Waals surface area contributed by atoms with Crippen molar-refractivity contribution in [3.05, 3.63) is 0 Å². The highest BCUT2D eigenvalue weighted by molar-refractivity contribution is 4.83. The van der Waals surface area contributed by atoms with Crippen molar-refractivity contribution in [1.29, 1.82) is 0 Å². The van der Waals surface area contributed by atoms with E-state index >= 15 is 0 Å². The first-order valence-electron chi connectivity index (χ1n) is 6.74. The van der Waals surface area contributed by atoms with Gasteiger partial charge in [0.05, 0.1) is 6.61 Å². The van der Waals surface area contributed by atoms with Crippen LogP contribution in [0, 0.1) is 17.8 Å². The zero-order chi connectivity index (χ0) is 11.4. The highest BCUT2D eigenvalue weighted by Crippen LogP contribution is 2.32. The first kappa shape index (κ1) is 12.3. The smallest absolute Gasteiger partial charge is 0.0503 e. The molecule has 1 heterocycles. The van der Waals surface area contributed by atoms with Gasteiger partial charge in [-0.2, -0.15) is 0 Å². The number of hydrogen-bond donors (Lipinski definition) is 1. The van der Waals surface area contributed by atoms with Crippen molar-refractivity contribution in [2.75, 3.05) is 39.9 Å². The van der Waals surface area contributed by atoms with Crippen LogP contribution in [0.3, 0.4) is 0 Å². The number of rotatable bonds is 5. The van der Waals surface area contributed by atoms with Gasteiger partial charge < -0.3 is 15.4 Å². The van der Waals surface area contributed by atoms with E-state index in [4.69, 9.17) is 10.5 Å². The van der Waals surface area contributed by atoms with E-state index in [1.54, 1.807) is 0 Å². The van der Waals surface area contributed by atoms with E-state index in [0.29, 0.717) is 0 Å². The molecule has 0 aromatic rings. The van der Waals surface area contributed by atoms with E-state index in [-0.39, 0.29) is 0 Å². The molecule has 0 bridgehead atoms. The minimum Gasteiger partial charge on any atom is -0.384 e. The predicted octanol–water partition coefficient (Wildman–Crippen LogP) is 1.33. The molecule has 3 heteroatoms. The van der Waals surface area contributed by atoms with Crippen LogP contribution in [0.25, 0.3) is 0 Å². The molecular formula is C13H26N2O. The summed E-state index contributed by atoms with van der Waals surface area (Å²) >= 11 is 0. The van der Waals surface area contributed by atoms with Crippen molar-refractivity contribution < 1.29 is 4.74 Å². The molecule has 1 aliphatic carbocycles. The summed E-state index contributed by atoms with van der Waals surface area (Å²) in [4.78, 5) is 2.63. The van der Waals surface area contributed by atoms with Crippen LogP contribution < -0.4 is 5.73 Å². The highest BCUT2D eigenvalue weighted by atomic mass is 16.5. The van der Waals surface area contributed by atoms with Gasteiger partial charge >= 0.3 is 0 Å². The van der Waals surface area contributed by atoms with Crippen molar-refractivity contribution in [3.8, 4) is 0 Å². The number of nitrogens with two attached hydrogens (primary N) is 1. The molecule has 2 aliphatic rings. The fourth-order valence-corrected chi connectivity index (χ4v) is 3.45. The third-order valence-corrected chi connectivity index (χ3v) is 4.38. The summed E-state index contributed by atoms with van der Waals surface area (Å²) in [5.41, 5.74) is 5.83. The Morgan fingerprint density at radius 3 is 2.81 bits per heavy atom. The highest BCUT2D eigenvalue weighted by Gasteiger charge is 2.30. The van der Waals surface area contributed by atoms with Crippen molar-refractivity contribution in [2.45, 2.75) is 25.7 Å². The van der Waals surface area contributed by atoms with Crippen LogP contribution in [0.15, 0.2) is 0 Å². The third-order valence-electron chi connectivity index (χ3n) is 4.38. The van der Waals surface area contributed by atoms with Crippen LogP contribution in [0.5, 0.6) is 0 Å². The summed E-state index contributed by atoms with van der Waals surface area (Å²) in [6, 6.07) is 0. The maximum Gasteiger partial charge on any atom is 0.0503 e. The molecule has 3 atom stereocenters. The number of hydrogen-bond acceptors (Lipinski definition) is 3. The quantitative estimate of drug-likeness (QED) is 0.768. The third kappa shape index (κ3) is 2.96. The van der Waals surface area contributed by atoms with Gasteiger partial charge in [0.15, 0.2) is 0 Å². The number of nitrogens with zero attached hydrogens (tertiary/aromatic N) is 1. The first-order valence-corrected chi connectivity index (χ1v) is 6.74. The van der Waals surface area contributed by atoms with E-state index in [1.165, 1.54) is 45.3 Å². The fourth-order valence-electron chi connectivity index (χ4n) is 3.45. The van der Waals surface area contributed by atoms with E-state index in [1.807, 2.05) is 7.11 Å². The van der Waals surface area contributed by atoms with Crippen molar-refractivity contribution in [3.63, 3.8) is 0 Å². The molecule has 2 rings (SSSR count). The molecular weight excluding hydrogens is 200 g/mol. The van der Waals surface area contributed by atoms with Gasteiger partial charge in [0, 0.05) is 20.2 Å². The second-order valence-electron chi connectivity index (χ2n) is 5.56. The van der Waals surface area contributed by atoms with Crippen LogP contribution in [0.4, 0.5) is 0 Å². The lowest BCUT2D eigenvalue weighted by molar-refractivity contribution is 0.149. The summed E-state index contributed by atoms with van der Waals surface area (Å²) in [5.74, 6) is 2.43. The van der Waals surface area contributed by atoms with E-state index in [2.05, 4.69) is 4.90 Å². The molecule has 0 amide bonds. The molecule has 1 aliphatic heterocycles. The van der Waals surface area contributed by atoms with Crippen LogP contribution in [-0.4, -0.2) is 44.8 Å². The van der Waals surface area contributed by atoms with E-state index in [0.717, 1.165) is 30.9 Å². The molecule has 1 saturated carbocycles. The number of likely N-dealkylation sites (tertiary alicyclic amines) is 1. The maximum atomic E-state index is 5.83. The Hall–Kier alpha value is -0.120. The summed E-state index contributed by atoms with van der Waals surface area (Å²) < 4.78 is 5.24. The second-order valence-corrected chi connectivity index (χ2v) is 5.56. The van der Waals surface area contributed by atoms with Gasteiger partial charge in [-0.25, -0.2) is 0 Å². The van der Waals surface area contributed by atoms with Crippen LogP contribution in [0.1, 0.15) is 25.7 Å². The Morgan fingerprint density at radius 2 is 2.06 bits per heavy atom. The topological polar surface area (TPSA) is 38.5 Å². The van der Waals surface area contributed by atoms with Crippen molar-refractivity contribution >= 4 is 0 Å². The molecule has 2 N–H and O–H groups in total. The van der Waals surface area contributed by atoms with Crippen molar-refractivity contribution in [1.82, 2.24) is 4.90 Å². The zero-order valence-electron chi connectivity index (χ0n) is 10.5. The fraction of sp³-hybridized carbons (Fsp3) is 1.00. The SMILES string of the molecule is COCC1CCN(CC2CCCC2CN)C1. The molecule has 16 heavy (non-hydrogen) atoms. The van der Waals surface area contributed by atoms with Gasteiger partial charge in [-0.15, -0.1) is 0 Å². The summed E-state index contributed by atoms with van der Waals surface area (Å²) in [6.45, 7) is 5.60. The van der Waals surface area contributed by atoms with Crippen molar-refractivity contribution in [2.24, 2.45) is 23.5 Å². The van der Waals surface area contributed by atoms with Crippen LogP contribution >= 0.6 is 0 Å². The molecule has 1 saturated heterocycles.